The van der Waals surface area contributed by atoms with Gasteiger partial charge in [0.2, 0.25) is 0 Å². The first kappa shape index (κ1) is 9.65. The van der Waals surface area contributed by atoms with Gasteiger partial charge in [-0.15, -0.1) is 0 Å². The summed E-state index contributed by atoms with van der Waals surface area (Å²) in [7, 11) is 0. The van der Waals surface area contributed by atoms with Gasteiger partial charge in [-0.25, -0.2) is 4.39 Å². The van der Waals surface area contributed by atoms with Crippen LogP contribution in [0.2, 0.25) is 0 Å². The number of benzene rings is 1. The minimum Gasteiger partial charge on any atom is -0.469 e. The summed E-state index contributed by atoms with van der Waals surface area (Å²) < 4.78 is 17.8. The summed E-state index contributed by atoms with van der Waals surface area (Å²) in [5, 5.41) is 0. The molecule has 0 spiro atoms. The highest BCUT2D eigenvalue weighted by molar-refractivity contribution is 5.64. The lowest BCUT2D eigenvalue weighted by atomic mass is 10.1. The molecule has 0 aliphatic carbocycles. The monoisotopic (exact) mass is 204 g/mol. The molecule has 1 aromatic carbocycles. The van der Waals surface area contributed by atoms with Crippen LogP contribution in [0.4, 0.5) is 4.39 Å². The molecule has 0 atom stereocenters. The van der Waals surface area contributed by atoms with E-state index in [9.17, 15) is 9.18 Å². The first-order valence-corrected chi connectivity index (χ1v) is 4.53. The fraction of sp³-hybridized carbons (Fsp3) is 0.0833. The number of rotatable bonds is 1. The van der Waals surface area contributed by atoms with E-state index in [-0.39, 0.29) is 11.2 Å². The molecule has 0 unspecified atom stereocenters. The van der Waals surface area contributed by atoms with Gasteiger partial charge >= 0.3 is 0 Å². The molecule has 0 radical (unpaired) electrons. The van der Waals surface area contributed by atoms with Crippen molar-refractivity contribution in [3.63, 3.8) is 0 Å². The summed E-state index contributed by atoms with van der Waals surface area (Å²) in [5.41, 5.74) is 1.03. The number of hydrogen-bond acceptors (Lipinski definition) is 2. The van der Waals surface area contributed by atoms with Crippen molar-refractivity contribution < 1.29 is 8.81 Å². The van der Waals surface area contributed by atoms with Crippen LogP contribution in [0.3, 0.4) is 0 Å². The second kappa shape index (κ2) is 3.69. The van der Waals surface area contributed by atoms with Crippen molar-refractivity contribution in [2.24, 2.45) is 0 Å². The predicted octanol–water partition coefficient (Wildman–Crippen LogP) is 2.75. The Morgan fingerprint density at radius 1 is 1.13 bits per heavy atom. The first-order chi connectivity index (χ1) is 7.18. The lowest BCUT2D eigenvalue weighted by Crippen LogP contribution is -2.04. The maximum absolute atomic E-state index is 12.7. The van der Waals surface area contributed by atoms with Crippen LogP contribution >= 0.6 is 0 Å². The molecule has 0 fully saturated rings. The van der Waals surface area contributed by atoms with Gasteiger partial charge in [0.25, 0.3) is 0 Å². The maximum Gasteiger partial charge on any atom is 0.192 e. The summed E-state index contributed by atoms with van der Waals surface area (Å²) >= 11 is 0. The van der Waals surface area contributed by atoms with Gasteiger partial charge in [0.15, 0.2) is 5.43 Å². The second-order valence-corrected chi connectivity index (χ2v) is 3.22. The van der Waals surface area contributed by atoms with Crippen LogP contribution in [0.5, 0.6) is 0 Å². The van der Waals surface area contributed by atoms with Gasteiger partial charge in [0.05, 0.1) is 11.8 Å². The SMILES string of the molecule is Cc1occc(=O)c1-c1ccc(F)cc1. The van der Waals surface area contributed by atoms with Gasteiger partial charge in [-0.1, -0.05) is 12.1 Å². The zero-order chi connectivity index (χ0) is 10.8. The van der Waals surface area contributed by atoms with Crippen molar-refractivity contribution in [1.82, 2.24) is 0 Å². The highest BCUT2D eigenvalue weighted by atomic mass is 19.1. The summed E-state index contributed by atoms with van der Waals surface area (Å²) in [5.74, 6) is 0.214. The number of hydrogen-bond donors (Lipinski definition) is 0. The molecule has 2 aromatic rings. The summed E-state index contributed by atoms with van der Waals surface area (Å²) in [6.45, 7) is 1.71. The van der Waals surface area contributed by atoms with E-state index in [0.717, 1.165) is 0 Å². The molecule has 0 aliphatic rings. The number of halogens is 1. The van der Waals surface area contributed by atoms with Crippen molar-refractivity contribution in [3.05, 3.63) is 58.4 Å². The minimum absolute atomic E-state index is 0.120. The van der Waals surface area contributed by atoms with E-state index in [1.165, 1.54) is 24.5 Å². The molecule has 0 N–H and O–H groups in total. The summed E-state index contributed by atoms with van der Waals surface area (Å²) in [4.78, 5) is 11.6. The Hall–Kier alpha value is -1.90. The normalized spacial score (nSPS) is 10.3. The van der Waals surface area contributed by atoms with E-state index < -0.39 is 0 Å². The third kappa shape index (κ3) is 1.81. The Morgan fingerprint density at radius 3 is 2.40 bits per heavy atom. The van der Waals surface area contributed by atoms with E-state index in [1.54, 1.807) is 19.1 Å². The zero-order valence-corrected chi connectivity index (χ0v) is 8.16. The van der Waals surface area contributed by atoms with Crippen LogP contribution in [0, 0.1) is 12.7 Å². The number of aryl methyl sites for hydroxylation is 1. The summed E-state index contributed by atoms with van der Waals surface area (Å²) in [6.07, 6.45) is 1.35. The standard InChI is InChI=1S/C12H9FO2/c1-8-12(11(14)6-7-15-8)9-2-4-10(13)5-3-9/h2-7H,1H3. The van der Waals surface area contributed by atoms with Gasteiger partial charge in [-0.2, -0.15) is 0 Å². The maximum atomic E-state index is 12.7. The molecule has 0 amide bonds. The lowest BCUT2D eigenvalue weighted by molar-refractivity contribution is 0.517. The van der Waals surface area contributed by atoms with Crippen LogP contribution in [-0.4, -0.2) is 0 Å². The average molecular weight is 204 g/mol. The smallest absolute Gasteiger partial charge is 0.192 e. The van der Waals surface area contributed by atoms with Gasteiger partial charge < -0.3 is 4.42 Å². The van der Waals surface area contributed by atoms with Crippen molar-refractivity contribution in [3.8, 4) is 11.1 Å². The van der Waals surface area contributed by atoms with Crippen LogP contribution < -0.4 is 5.43 Å². The van der Waals surface area contributed by atoms with E-state index in [4.69, 9.17) is 4.42 Å². The molecular weight excluding hydrogens is 195 g/mol. The molecule has 0 saturated heterocycles. The molecule has 1 heterocycles. The van der Waals surface area contributed by atoms with Gasteiger partial charge in [0, 0.05) is 6.07 Å². The minimum atomic E-state index is -0.322. The van der Waals surface area contributed by atoms with E-state index >= 15 is 0 Å². The Morgan fingerprint density at radius 2 is 1.80 bits per heavy atom. The fourth-order valence-corrected chi connectivity index (χ4v) is 1.48. The summed E-state index contributed by atoms with van der Waals surface area (Å²) in [6, 6.07) is 7.12. The quantitative estimate of drug-likeness (QED) is 0.714. The zero-order valence-electron chi connectivity index (χ0n) is 8.16. The predicted molar refractivity (Wildman–Crippen MR) is 55.1 cm³/mol. The first-order valence-electron chi connectivity index (χ1n) is 4.53. The Balaban J connectivity index is 2.64. The molecule has 2 rings (SSSR count). The van der Waals surface area contributed by atoms with Crippen LogP contribution in [-0.2, 0) is 0 Å². The largest absolute Gasteiger partial charge is 0.469 e. The molecule has 76 valence electrons. The van der Waals surface area contributed by atoms with Crippen LogP contribution in [0.25, 0.3) is 11.1 Å². The van der Waals surface area contributed by atoms with Gasteiger partial charge in [-0.3, -0.25) is 4.79 Å². The highest BCUT2D eigenvalue weighted by Gasteiger charge is 2.07. The van der Waals surface area contributed by atoms with Gasteiger partial charge in [-0.05, 0) is 24.6 Å². The Bertz CT molecular complexity index is 526. The molecular formula is C12H9FO2. The third-order valence-corrected chi connectivity index (χ3v) is 2.20. The third-order valence-electron chi connectivity index (χ3n) is 2.20. The molecule has 0 bridgehead atoms. The molecule has 3 heteroatoms. The fourth-order valence-electron chi connectivity index (χ4n) is 1.48. The second-order valence-electron chi connectivity index (χ2n) is 3.22. The highest BCUT2D eigenvalue weighted by Crippen LogP contribution is 2.19. The van der Waals surface area contributed by atoms with Crippen molar-refractivity contribution in [2.45, 2.75) is 6.92 Å². The Labute approximate surface area is 86.0 Å². The molecule has 0 aliphatic heterocycles. The molecule has 15 heavy (non-hydrogen) atoms. The van der Waals surface area contributed by atoms with Crippen molar-refractivity contribution >= 4 is 0 Å². The lowest BCUT2D eigenvalue weighted by Gasteiger charge is -2.02. The van der Waals surface area contributed by atoms with E-state index in [2.05, 4.69) is 0 Å². The van der Waals surface area contributed by atoms with Crippen LogP contribution in [0.1, 0.15) is 5.76 Å². The topological polar surface area (TPSA) is 30.2 Å². The van der Waals surface area contributed by atoms with Crippen LogP contribution in [0.15, 0.2) is 45.8 Å². The Kier molecular flexibility index (Phi) is 2.37. The van der Waals surface area contributed by atoms with Gasteiger partial charge in [0.1, 0.15) is 11.6 Å². The average Bonchev–Trinajstić information content (AvgIpc) is 2.20. The van der Waals surface area contributed by atoms with E-state index in [0.29, 0.717) is 16.9 Å². The van der Waals surface area contributed by atoms with Crippen molar-refractivity contribution in [2.75, 3.05) is 0 Å². The van der Waals surface area contributed by atoms with Crippen molar-refractivity contribution in [1.29, 1.82) is 0 Å². The van der Waals surface area contributed by atoms with E-state index in [1.807, 2.05) is 0 Å². The molecule has 0 saturated carbocycles. The molecule has 2 nitrogen and oxygen atoms in total. The molecule has 1 aromatic heterocycles.